The Labute approximate surface area is 181 Å². The number of carbonyl (C=O) groups excluding carboxylic acids is 1. The van der Waals surface area contributed by atoms with Gasteiger partial charge < -0.3 is 0 Å². The third-order valence-corrected chi connectivity index (χ3v) is 5.20. The van der Waals surface area contributed by atoms with E-state index in [0.29, 0.717) is 10.5 Å². The molecule has 3 aromatic carbocycles. The molecular weight excluding hydrogens is 420 g/mol. The lowest BCUT2D eigenvalue weighted by atomic mass is 10.2. The van der Waals surface area contributed by atoms with Gasteiger partial charge in [-0.25, -0.2) is 5.43 Å². The topological polar surface area (TPSA) is 128 Å². The number of nitro groups is 2. The van der Waals surface area contributed by atoms with Crippen LogP contribution in [0.25, 0.3) is 0 Å². The van der Waals surface area contributed by atoms with Crippen molar-refractivity contribution in [1.29, 1.82) is 0 Å². The normalized spacial score (nSPS) is 10.7. The van der Waals surface area contributed by atoms with Crippen LogP contribution in [0.1, 0.15) is 21.5 Å². The van der Waals surface area contributed by atoms with Crippen LogP contribution in [-0.2, 0) is 0 Å². The third-order valence-electron chi connectivity index (χ3n) is 4.13. The van der Waals surface area contributed by atoms with Gasteiger partial charge in [0.25, 0.3) is 17.3 Å². The first-order valence-electron chi connectivity index (χ1n) is 8.94. The van der Waals surface area contributed by atoms with E-state index in [0.717, 1.165) is 16.5 Å². The summed E-state index contributed by atoms with van der Waals surface area (Å²) in [5.41, 5.74) is 3.54. The van der Waals surface area contributed by atoms with Crippen molar-refractivity contribution in [2.75, 3.05) is 0 Å². The smallest absolute Gasteiger partial charge is 0.267 e. The van der Waals surface area contributed by atoms with Crippen molar-refractivity contribution in [2.45, 2.75) is 16.7 Å². The molecule has 0 heterocycles. The van der Waals surface area contributed by atoms with Crippen molar-refractivity contribution < 1.29 is 14.6 Å². The van der Waals surface area contributed by atoms with Crippen LogP contribution >= 0.6 is 11.8 Å². The first kappa shape index (κ1) is 21.7. The van der Waals surface area contributed by atoms with Gasteiger partial charge in [-0.3, -0.25) is 25.0 Å². The van der Waals surface area contributed by atoms with Crippen molar-refractivity contribution >= 4 is 35.3 Å². The van der Waals surface area contributed by atoms with Crippen molar-refractivity contribution in [1.82, 2.24) is 5.43 Å². The largest absolute Gasteiger partial charge is 0.283 e. The highest BCUT2D eigenvalue weighted by molar-refractivity contribution is 7.99. The molecule has 0 aromatic heterocycles. The Bertz CT molecular complexity index is 1180. The molecule has 9 nitrogen and oxygen atoms in total. The highest BCUT2D eigenvalue weighted by Crippen LogP contribution is 2.35. The van der Waals surface area contributed by atoms with Gasteiger partial charge in [-0.15, -0.1) is 0 Å². The Balaban J connectivity index is 1.73. The van der Waals surface area contributed by atoms with Gasteiger partial charge >= 0.3 is 0 Å². The number of hydrogen-bond acceptors (Lipinski definition) is 7. The van der Waals surface area contributed by atoms with Crippen LogP contribution in [0, 0.1) is 27.2 Å². The van der Waals surface area contributed by atoms with Crippen LogP contribution in [0.4, 0.5) is 11.4 Å². The van der Waals surface area contributed by atoms with Gasteiger partial charge in [-0.2, -0.15) is 5.10 Å². The molecular formula is C21H16N4O5S. The lowest BCUT2D eigenvalue weighted by molar-refractivity contribution is -0.387. The molecule has 1 amide bonds. The summed E-state index contributed by atoms with van der Waals surface area (Å²) >= 11 is 1.28. The molecule has 0 aliphatic rings. The van der Waals surface area contributed by atoms with Gasteiger partial charge in [0.1, 0.15) is 0 Å². The van der Waals surface area contributed by atoms with Crippen molar-refractivity contribution in [3.63, 3.8) is 0 Å². The zero-order chi connectivity index (χ0) is 22.4. The van der Waals surface area contributed by atoms with E-state index in [1.807, 2.05) is 31.2 Å². The molecule has 0 spiro atoms. The Morgan fingerprint density at radius 3 is 2.42 bits per heavy atom. The van der Waals surface area contributed by atoms with Gasteiger partial charge in [-0.05, 0) is 31.2 Å². The minimum Gasteiger partial charge on any atom is -0.267 e. The molecule has 0 atom stereocenters. The number of nitrogens with zero attached hydrogens (tertiary/aromatic N) is 3. The van der Waals surface area contributed by atoms with Crippen LogP contribution in [0.2, 0.25) is 0 Å². The molecule has 10 heteroatoms. The van der Waals surface area contributed by atoms with Crippen molar-refractivity contribution in [3.05, 3.63) is 104 Å². The maximum Gasteiger partial charge on any atom is 0.283 e. The van der Waals surface area contributed by atoms with Crippen molar-refractivity contribution in [2.24, 2.45) is 5.10 Å². The van der Waals surface area contributed by atoms with E-state index < -0.39 is 15.8 Å². The molecule has 156 valence electrons. The fourth-order valence-electron chi connectivity index (χ4n) is 2.57. The minimum atomic E-state index is -0.638. The number of nitro benzene ring substituents is 2. The number of nitrogens with one attached hydrogen (secondary N) is 1. The number of rotatable bonds is 7. The predicted octanol–water partition coefficient (Wildman–Crippen LogP) is 4.73. The summed E-state index contributed by atoms with van der Waals surface area (Å²) < 4.78 is 0. The lowest BCUT2D eigenvalue weighted by Crippen LogP contribution is -2.17. The molecule has 3 rings (SSSR count). The Kier molecular flexibility index (Phi) is 6.73. The molecule has 0 aliphatic carbocycles. The van der Waals surface area contributed by atoms with Crippen LogP contribution < -0.4 is 5.43 Å². The van der Waals surface area contributed by atoms with Crippen molar-refractivity contribution in [3.8, 4) is 0 Å². The summed E-state index contributed by atoms with van der Waals surface area (Å²) in [6.45, 7) is 1.96. The monoisotopic (exact) mass is 436 g/mol. The number of amides is 1. The minimum absolute atomic E-state index is 0.0715. The highest BCUT2D eigenvalue weighted by Gasteiger charge is 2.16. The van der Waals surface area contributed by atoms with Gasteiger partial charge in [0, 0.05) is 34.2 Å². The average Bonchev–Trinajstić information content (AvgIpc) is 2.76. The molecule has 0 saturated heterocycles. The number of hydrazone groups is 1. The number of benzene rings is 3. The number of hydrogen-bond donors (Lipinski definition) is 1. The Hall–Kier alpha value is -4.05. The SMILES string of the molecule is Cc1ccc(Sc2ccc(/C=N\NC(=O)c3cccc([N+](=O)[O-])c3)cc2[N+](=O)[O-])cc1. The second-order valence-corrected chi connectivity index (χ2v) is 7.52. The highest BCUT2D eigenvalue weighted by atomic mass is 32.2. The number of non-ortho nitro benzene ring substituents is 1. The summed E-state index contributed by atoms with van der Waals surface area (Å²) in [6, 6.07) is 17.5. The maximum absolute atomic E-state index is 12.1. The maximum atomic E-state index is 12.1. The zero-order valence-corrected chi connectivity index (χ0v) is 17.0. The fraction of sp³-hybridized carbons (Fsp3) is 0.0476. The van der Waals surface area contributed by atoms with E-state index in [2.05, 4.69) is 10.5 Å². The van der Waals surface area contributed by atoms with Gasteiger partial charge in [0.15, 0.2) is 0 Å². The summed E-state index contributed by atoms with van der Waals surface area (Å²) in [7, 11) is 0. The summed E-state index contributed by atoms with van der Waals surface area (Å²) in [5.74, 6) is -0.638. The quantitative estimate of drug-likeness (QED) is 0.324. The molecule has 31 heavy (non-hydrogen) atoms. The van der Waals surface area contributed by atoms with Crippen LogP contribution in [-0.4, -0.2) is 22.0 Å². The molecule has 3 aromatic rings. The molecule has 0 fully saturated rings. The van der Waals surface area contributed by atoms with E-state index in [1.165, 1.54) is 42.2 Å². The molecule has 0 unspecified atom stereocenters. The fourth-order valence-corrected chi connectivity index (χ4v) is 3.47. The molecule has 0 radical (unpaired) electrons. The van der Waals surface area contributed by atoms with Gasteiger partial charge in [0.2, 0.25) is 0 Å². The standard InChI is InChI=1S/C21H16N4O5S/c1-14-5-8-18(9-6-14)31-20-10-7-15(11-19(20)25(29)30)13-22-23-21(26)16-3-2-4-17(12-16)24(27)28/h2-13H,1H3,(H,23,26)/b22-13-. The number of aryl methyl sites for hydroxylation is 1. The van der Waals surface area contributed by atoms with E-state index in [9.17, 15) is 25.0 Å². The second kappa shape index (κ2) is 9.63. The Morgan fingerprint density at radius 2 is 1.74 bits per heavy atom. The van der Waals surface area contributed by atoms with E-state index in [-0.39, 0.29) is 16.9 Å². The van der Waals surface area contributed by atoms with E-state index in [1.54, 1.807) is 12.1 Å². The molecule has 0 aliphatic heterocycles. The molecule has 0 bridgehead atoms. The Morgan fingerprint density at radius 1 is 1.00 bits per heavy atom. The first-order valence-corrected chi connectivity index (χ1v) is 9.76. The average molecular weight is 436 g/mol. The van der Waals surface area contributed by atoms with Crippen LogP contribution in [0.3, 0.4) is 0 Å². The third kappa shape index (κ3) is 5.73. The lowest BCUT2D eigenvalue weighted by Gasteiger charge is -2.05. The van der Waals surface area contributed by atoms with E-state index in [4.69, 9.17) is 0 Å². The zero-order valence-electron chi connectivity index (χ0n) is 16.2. The first-order chi connectivity index (χ1) is 14.8. The molecule has 0 saturated carbocycles. The van der Waals surface area contributed by atoms with Crippen LogP contribution in [0.5, 0.6) is 0 Å². The van der Waals surface area contributed by atoms with E-state index >= 15 is 0 Å². The summed E-state index contributed by atoms with van der Waals surface area (Å²) in [6.07, 6.45) is 1.27. The van der Waals surface area contributed by atoms with Crippen LogP contribution in [0.15, 0.2) is 81.6 Å². The van der Waals surface area contributed by atoms with Gasteiger partial charge in [-0.1, -0.05) is 41.6 Å². The predicted molar refractivity (Wildman–Crippen MR) is 117 cm³/mol. The van der Waals surface area contributed by atoms with Gasteiger partial charge in [0.05, 0.1) is 21.0 Å². The summed E-state index contributed by atoms with van der Waals surface area (Å²) in [5, 5.41) is 26.1. The number of carbonyl (C=O) groups is 1. The second-order valence-electron chi connectivity index (χ2n) is 6.41. The summed E-state index contributed by atoms with van der Waals surface area (Å²) in [4.78, 5) is 34.7. The molecule has 1 N–H and O–H groups in total.